The van der Waals surface area contributed by atoms with Crippen LogP contribution < -0.4 is 0 Å². The molecule has 3 rings (SSSR count). The number of rotatable bonds is 5. The molecule has 21 heavy (non-hydrogen) atoms. The van der Waals surface area contributed by atoms with Gasteiger partial charge in [-0.3, -0.25) is 0 Å². The molecule has 2 fully saturated rings. The lowest BCUT2D eigenvalue weighted by atomic mass is 10.1. The van der Waals surface area contributed by atoms with Gasteiger partial charge < -0.3 is 18.9 Å². The standard InChI is InChI=1S/C16H21FO4/c1-2-5-13-14(15-16(21-13)19-9-8-18-15)20-10-11-6-3-4-7-12(11)17/h3-4,6-7,13-16H,2,5,8-10H2,1H3/t13-,14+,15-,16+/m1/s1. The highest BCUT2D eigenvalue weighted by atomic mass is 19.1. The third-order valence-electron chi connectivity index (χ3n) is 3.91. The van der Waals surface area contributed by atoms with Crippen molar-refractivity contribution in [1.82, 2.24) is 0 Å². The van der Waals surface area contributed by atoms with Crippen LogP contribution in [0.25, 0.3) is 0 Å². The van der Waals surface area contributed by atoms with Crippen LogP contribution >= 0.6 is 0 Å². The Morgan fingerprint density at radius 2 is 2.05 bits per heavy atom. The first-order valence-electron chi connectivity index (χ1n) is 7.53. The molecular formula is C16H21FO4. The quantitative estimate of drug-likeness (QED) is 0.837. The van der Waals surface area contributed by atoms with E-state index in [9.17, 15) is 4.39 Å². The van der Waals surface area contributed by atoms with Crippen LogP contribution in [0.5, 0.6) is 0 Å². The lowest BCUT2D eigenvalue weighted by Gasteiger charge is -2.28. The third kappa shape index (κ3) is 3.26. The predicted octanol–water partition coefficient (Wildman–Crippen LogP) is 2.65. The van der Waals surface area contributed by atoms with Gasteiger partial charge in [0.25, 0.3) is 0 Å². The second-order valence-electron chi connectivity index (χ2n) is 5.40. The van der Waals surface area contributed by atoms with Crippen LogP contribution in [0.1, 0.15) is 25.3 Å². The maximum absolute atomic E-state index is 13.7. The SMILES string of the molecule is CCC[C@H]1O[C@@H]2OCCO[C@@H]2[C@H]1OCc1ccccc1F. The van der Waals surface area contributed by atoms with Gasteiger partial charge in [0.15, 0.2) is 6.29 Å². The number of fused-ring (bicyclic) bond motifs is 1. The second kappa shape index (κ2) is 6.83. The number of halogens is 1. The first-order chi connectivity index (χ1) is 10.3. The Balaban J connectivity index is 1.67. The Kier molecular flexibility index (Phi) is 4.85. The molecule has 0 radical (unpaired) electrons. The maximum atomic E-state index is 13.7. The zero-order valence-electron chi connectivity index (χ0n) is 12.2. The molecule has 0 amide bonds. The molecule has 0 spiro atoms. The van der Waals surface area contributed by atoms with Crippen LogP contribution in [0.15, 0.2) is 24.3 Å². The summed E-state index contributed by atoms with van der Waals surface area (Å²) >= 11 is 0. The molecule has 2 aliphatic heterocycles. The minimum absolute atomic E-state index is 0.0603. The second-order valence-corrected chi connectivity index (χ2v) is 5.40. The molecule has 2 heterocycles. The number of benzene rings is 1. The molecule has 2 aliphatic rings. The fraction of sp³-hybridized carbons (Fsp3) is 0.625. The highest BCUT2D eigenvalue weighted by Gasteiger charge is 2.48. The molecule has 1 aromatic rings. The Morgan fingerprint density at radius 1 is 1.24 bits per heavy atom. The fourth-order valence-electron chi connectivity index (χ4n) is 2.87. The minimum atomic E-state index is -0.360. The van der Waals surface area contributed by atoms with Crippen molar-refractivity contribution in [3.05, 3.63) is 35.6 Å². The molecular weight excluding hydrogens is 275 g/mol. The molecule has 0 bridgehead atoms. The van der Waals surface area contributed by atoms with E-state index >= 15 is 0 Å². The Hall–Kier alpha value is -1.01. The lowest BCUT2D eigenvalue weighted by molar-refractivity contribution is -0.222. The molecule has 116 valence electrons. The topological polar surface area (TPSA) is 36.9 Å². The van der Waals surface area contributed by atoms with E-state index in [1.54, 1.807) is 18.2 Å². The monoisotopic (exact) mass is 296 g/mol. The molecule has 2 saturated heterocycles. The van der Waals surface area contributed by atoms with Gasteiger partial charge in [0.1, 0.15) is 18.0 Å². The van der Waals surface area contributed by atoms with Gasteiger partial charge in [0.2, 0.25) is 0 Å². The van der Waals surface area contributed by atoms with Crippen LogP contribution in [0.4, 0.5) is 4.39 Å². The zero-order chi connectivity index (χ0) is 14.7. The average Bonchev–Trinajstić information content (AvgIpc) is 2.84. The van der Waals surface area contributed by atoms with Gasteiger partial charge >= 0.3 is 0 Å². The molecule has 0 aliphatic carbocycles. The van der Waals surface area contributed by atoms with E-state index in [4.69, 9.17) is 18.9 Å². The van der Waals surface area contributed by atoms with Gasteiger partial charge in [0.05, 0.1) is 25.9 Å². The third-order valence-corrected chi connectivity index (χ3v) is 3.91. The highest BCUT2D eigenvalue weighted by Crippen LogP contribution is 2.32. The Labute approximate surface area is 124 Å². The van der Waals surface area contributed by atoms with E-state index in [1.807, 2.05) is 0 Å². The summed E-state index contributed by atoms with van der Waals surface area (Å²) in [7, 11) is 0. The number of hydrogen-bond acceptors (Lipinski definition) is 4. The van der Waals surface area contributed by atoms with Gasteiger partial charge in [-0.1, -0.05) is 31.5 Å². The molecule has 0 unspecified atom stereocenters. The van der Waals surface area contributed by atoms with Crippen LogP contribution in [0.3, 0.4) is 0 Å². The van der Waals surface area contributed by atoms with Crippen molar-refractivity contribution in [2.75, 3.05) is 13.2 Å². The van der Waals surface area contributed by atoms with Crippen molar-refractivity contribution in [2.24, 2.45) is 0 Å². The maximum Gasteiger partial charge on any atom is 0.186 e. The first-order valence-corrected chi connectivity index (χ1v) is 7.53. The van der Waals surface area contributed by atoms with E-state index in [0.29, 0.717) is 18.8 Å². The summed E-state index contributed by atoms with van der Waals surface area (Å²) in [5, 5.41) is 0. The molecule has 0 aromatic heterocycles. The average molecular weight is 296 g/mol. The van der Waals surface area contributed by atoms with E-state index in [1.165, 1.54) is 6.07 Å². The van der Waals surface area contributed by atoms with Gasteiger partial charge in [-0.25, -0.2) is 4.39 Å². The molecule has 0 N–H and O–H groups in total. The zero-order valence-corrected chi connectivity index (χ0v) is 12.2. The Bertz CT molecular complexity index is 467. The van der Waals surface area contributed by atoms with Crippen LogP contribution in [0.2, 0.25) is 0 Å². The van der Waals surface area contributed by atoms with Gasteiger partial charge in [-0.2, -0.15) is 0 Å². The number of hydrogen-bond donors (Lipinski definition) is 0. The van der Waals surface area contributed by atoms with Crippen molar-refractivity contribution in [1.29, 1.82) is 0 Å². The van der Waals surface area contributed by atoms with E-state index in [0.717, 1.165) is 12.8 Å². The summed E-state index contributed by atoms with van der Waals surface area (Å²) in [4.78, 5) is 0. The first kappa shape index (κ1) is 14.9. The largest absolute Gasteiger partial charge is 0.368 e. The van der Waals surface area contributed by atoms with Gasteiger partial charge in [-0.15, -0.1) is 0 Å². The summed E-state index contributed by atoms with van der Waals surface area (Å²) in [6.45, 7) is 3.40. The summed E-state index contributed by atoms with van der Waals surface area (Å²) in [6.07, 6.45) is 1.01. The summed E-state index contributed by atoms with van der Waals surface area (Å²) in [6, 6.07) is 6.65. The van der Waals surface area contributed by atoms with Crippen molar-refractivity contribution in [3.8, 4) is 0 Å². The smallest absolute Gasteiger partial charge is 0.186 e. The van der Waals surface area contributed by atoms with Crippen LogP contribution in [-0.2, 0) is 25.6 Å². The summed E-state index contributed by atoms with van der Waals surface area (Å²) in [5.74, 6) is -0.249. The summed E-state index contributed by atoms with van der Waals surface area (Å²) < 4.78 is 36.8. The van der Waals surface area contributed by atoms with Gasteiger partial charge in [-0.05, 0) is 12.5 Å². The number of ether oxygens (including phenoxy) is 4. The van der Waals surface area contributed by atoms with Gasteiger partial charge in [0, 0.05) is 5.56 Å². The normalized spacial score (nSPS) is 32.1. The fourth-order valence-corrected chi connectivity index (χ4v) is 2.87. The van der Waals surface area contributed by atoms with E-state index < -0.39 is 0 Å². The van der Waals surface area contributed by atoms with Crippen molar-refractivity contribution in [3.63, 3.8) is 0 Å². The van der Waals surface area contributed by atoms with E-state index in [2.05, 4.69) is 6.92 Å². The van der Waals surface area contributed by atoms with Crippen molar-refractivity contribution < 1.29 is 23.3 Å². The van der Waals surface area contributed by atoms with Crippen LogP contribution in [-0.4, -0.2) is 37.8 Å². The molecule has 5 heteroatoms. The molecule has 0 saturated carbocycles. The molecule has 4 atom stereocenters. The summed E-state index contributed by atoms with van der Waals surface area (Å²) in [5.41, 5.74) is 0.549. The minimum Gasteiger partial charge on any atom is -0.368 e. The van der Waals surface area contributed by atoms with Crippen molar-refractivity contribution >= 4 is 0 Å². The molecule has 1 aromatic carbocycles. The molecule has 4 nitrogen and oxygen atoms in total. The van der Waals surface area contributed by atoms with Crippen LogP contribution in [0, 0.1) is 5.82 Å². The lowest BCUT2D eigenvalue weighted by Crippen LogP contribution is -2.42. The van der Waals surface area contributed by atoms with E-state index in [-0.39, 0.29) is 37.0 Å². The predicted molar refractivity (Wildman–Crippen MR) is 74.2 cm³/mol. The van der Waals surface area contributed by atoms with Crippen molar-refractivity contribution in [2.45, 2.75) is 51.0 Å². The Morgan fingerprint density at radius 3 is 2.86 bits per heavy atom. The highest BCUT2D eigenvalue weighted by molar-refractivity contribution is 5.16.